The zero-order valence-electron chi connectivity index (χ0n) is 14.1. The predicted molar refractivity (Wildman–Crippen MR) is 87.6 cm³/mol. The van der Waals surface area contributed by atoms with Crippen LogP contribution in [-0.4, -0.2) is 49.8 Å². The van der Waals surface area contributed by atoms with Gasteiger partial charge in [0.1, 0.15) is 0 Å². The molecular weight excluding hydrogens is 260 g/mol. The number of nitrogens with one attached hydrogen (secondary N) is 1. The van der Waals surface area contributed by atoms with Crippen LogP contribution in [0.4, 0.5) is 0 Å². The van der Waals surface area contributed by atoms with Crippen LogP contribution in [0.25, 0.3) is 0 Å². The molecule has 0 bridgehead atoms. The van der Waals surface area contributed by atoms with Crippen LogP contribution in [0.1, 0.15) is 58.8 Å². The van der Waals surface area contributed by atoms with Gasteiger partial charge in [0, 0.05) is 25.7 Å². The Morgan fingerprint density at radius 1 is 1.19 bits per heavy atom. The number of hydrogen-bond acceptors (Lipinski definition) is 3. The lowest BCUT2D eigenvalue weighted by Crippen LogP contribution is -2.53. The van der Waals surface area contributed by atoms with Crippen molar-refractivity contribution >= 4 is 0 Å². The molecule has 2 aliphatic carbocycles. The highest BCUT2D eigenvalue weighted by Gasteiger charge is 2.41. The van der Waals surface area contributed by atoms with E-state index in [0.717, 1.165) is 31.7 Å². The van der Waals surface area contributed by atoms with Gasteiger partial charge in [-0.1, -0.05) is 26.7 Å². The molecule has 1 aliphatic heterocycles. The third-order valence-electron chi connectivity index (χ3n) is 5.85. The van der Waals surface area contributed by atoms with Crippen LogP contribution in [-0.2, 0) is 4.74 Å². The summed E-state index contributed by atoms with van der Waals surface area (Å²) in [5, 5.41) is 3.76. The van der Waals surface area contributed by atoms with E-state index >= 15 is 0 Å². The number of nitrogens with zero attached hydrogens (tertiary/aromatic N) is 1. The van der Waals surface area contributed by atoms with Gasteiger partial charge in [0.05, 0.1) is 12.7 Å². The Kier molecular flexibility index (Phi) is 5.23. The SMILES string of the molecule is CC(C)CNCC1(CN2CCOC3CCCC32)CCCC1. The molecule has 0 aromatic rings. The third-order valence-corrected chi connectivity index (χ3v) is 5.85. The van der Waals surface area contributed by atoms with Crippen LogP contribution < -0.4 is 5.32 Å². The highest BCUT2D eigenvalue weighted by atomic mass is 16.5. The van der Waals surface area contributed by atoms with Crippen molar-refractivity contribution < 1.29 is 4.74 Å². The first-order valence-electron chi connectivity index (χ1n) is 9.25. The quantitative estimate of drug-likeness (QED) is 0.815. The average molecular weight is 294 g/mol. The number of rotatable bonds is 6. The molecule has 0 aromatic heterocycles. The van der Waals surface area contributed by atoms with Gasteiger partial charge in [0.15, 0.2) is 0 Å². The zero-order chi connectivity index (χ0) is 14.7. The molecule has 1 saturated heterocycles. The van der Waals surface area contributed by atoms with E-state index in [-0.39, 0.29) is 0 Å². The van der Waals surface area contributed by atoms with E-state index in [2.05, 4.69) is 24.1 Å². The Morgan fingerprint density at radius 3 is 2.76 bits per heavy atom. The standard InChI is InChI=1S/C18H34N2O/c1-15(2)12-19-13-18(8-3-4-9-18)14-20-10-11-21-17-7-5-6-16(17)20/h15-17,19H,3-14H2,1-2H3. The fourth-order valence-electron chi connectivity index (χ4n) is 4.77. The third kappa shape index (κ3) is 3.80. The average Bonchev–Trinajstić information content (AvgIpc) is 3.08. The summed E-state index contributed by atoms with van der Waals surface area (Å²) >= 11 is 0. The van der Waals surface area contributed by atoms with Crippen LogP contribution in [0.2, 0.25) is 0 Å². The summed E-state index contributed by atoms with van der Waals surface area (Å²) in [6, 6.07) is 0.723. The first-order valence-corrected chi connectivity index (χ1v) is 9.25. The molecule has 0 aromatic carbocycles. The second kappa shape index (κ2) is 6.97. The van der Waals surface area contributed by atoms with Gasteiger partial charge in [0.2, 0.25) is 0 Å². The molecule has 3 fully saturated rings. The van der Waals surface area contributed by atoms with Crippen molar-refractivity contribution in [1.82, 2.24) is 10.2 Å². The van der Waals surface area contributed by atoms with Crippen LogP contribution in [0.3, 0.4) is 0 Å². The highest BCUT2D eigenvalue weighted by molar-refractivity contribution is 4.95. The molecule has 0 radical (unpaired) electrons. The van der Waals surface area contributed by atoms with Crippen molar-refractivity contribution in [2.75, 3.05) is 32.8 Å². The van der Waals surface area contributed by atoms with E-state index in [9.17, 15) is 0 Å². The van der Waals surface area contributed by atoms with Gasteiger partial charge in [-0.3, -0.25) is 4.90 Å². The fourth-order valence-corrected chi connectivity index (χ4v) is 4.77. The summed E-state index contributed by atoms with van der Waals surface area (Å²) in [5.74, 6) is 0.756. The molecule has 2 unspecified atom stereocenters. The van der Waals surface area contributed by atoms with Gasteiger partial charge in [-0.2, -0.15) is 0 Å². The summed E-state index contributed by atoms with van der Waals surface area (Å²) in [4.78, 5) is 2.80. The molecule has 3 nitrogen and oxygen atoms in total. The lowest BCUT2D eigenvalue weighted by molar-refractivity contribution is -0.0682. The number of fused-ring (bicyclic) bond motifs is 1. The minimum absolute atomic E-state index is 0.541. The lowest BCUT2D eigenvalue weighted by atomic mass is 9.84. The summed E-state index contributed by atoms with van der Waals surface area (Å²) in [5.41, 5.74) is 0.541. The zero-order valence-corrected chi connectivity index (χ0v) is 14.1. The number of hydrogen-bond donors (Lipinski definition) is 1. The molecule has 1 N–H and O–H groups in total. The summed E-state index contributed by atoms with van der Waals surface area (Å²) in [6.07, 6.45) is 10.3. The van der Waals surface area contributed by atoms with Gasteiger partial charge in [-0.05, 0) is 50.0 Å². The Balaban J connectivity index is 1.58. The van der Waals surface area contributed by atoms with Crippen molar-refractivity contribution in [3.8, 4) is 0 Å². The van der Waals surface area contributed by atoms with Gasteiger partial charge < -0.3 is 10.1 Å². The normalized spacial score (nSPS) is 32.7. The maximum Gasteiger partial charge on any atom is 0.0730 e. The summed E-state index contributed by atoms with van der Waals surface area (Å²) in [7, 11) is 0. The van der Waals surface area contributed by atoms with Crippen molar-refractivity contribution in [3.63, 3.8) is 0 Å². The minimum Gasteiger partial charge on any atom is -0.375 e. The first kappa shape index (κ1) is 15.8. The Bertz CT molecular complexity index is 325. The maximum absolute atomic E-state index is 5.98. The highest BCUT2D eigenvalue weighted by Crippen LogP contribution is 2.40. The fraction of sp³-hybridized carbons (Fsp3) is 1.00. The van der Waals surface area contributed by atoms with E-state index in [1.54, 1.807) is 0 Å². The van der Waals surface area contributed by atoms with E-state index in [1.807, 2.05) is 0 Å². The van der Waals surface area contributed by atoms with Crippen LogP contribution in [0.15, 0.2) is 0 Å². The second-order valence-electron chi connectivity index (χ2n) is 8.11. The van der Waals surface area contributed by atoms with E-state index in [4.69, 9.17) is 4.74 Å². The molecule has 0 amide bonds. The summed E-state index contributed by atoms with van der Waals surface area (Å²) < 4.78 is 5.98. The van der Waals surface area contributed by atoms with E-state index in [1.165, 1.54) is 58.0 Å². The van der Waals surface area contributed by atoms with Crippen LogP contribution in [0, 0.1) is 11.3 Å². The molecule has 2 atom stereocenters. The molecule has 3 heteroatoms. The first-order chi connectivity index (χ1) is 10.2. The van der Waals surface area contributed by atoms with Crippen molar-refractivity contribution in [1.29, 1.82) is 0 Å². The maximum atomic E-state index is 5.98. The Hall–Kier alpha value is -0.120. The summed E-state index contributed by atoms with van der Waals surface area (Å²) in [6.45, 7) is 10.4. The van der Waals surface area contributed by atoms with Gasteiger partial charge in [-0.15, -0.1) is 0 Å². The van der Waals surface area contributed by atoms with E-state index < -0.39 is 0 Å². The van der Waals surface area contributed by atoms with Gasteiger partial charge >= 0.3 is 0 Å². The Labute approximate surface area is 130 Å². The van der Waals surface area contributed by atoms with Gasteiger partial charge in [0.25, 0.3) is 0 Å². The molecule has 1 heterocycles. The molecule has 2 saturated carbocycles. The number of ether oxygens (including phenoxy) is 1. The molecule has 122 valence electrons. The largest absolute Gasteiger partial charge is 0.375 e. The Morgan fingerprint density at radius 2 is 2.00 bits per heavy atom. The van der Waals surface area contributed by atoms with Crippen molar-refractivity contribution in [3.05, 3.63) is 0 Å². The molecular formula is C18H34N2O. The lowest BCUT2D eigenvalue weighted by Gasteiger charge is -2.43. The van der Waals surface area contributed by atoms with E-state index in [0.29, 0.717) is 11.5 Å². The predicted octanol–water partition coefficient (Wildman–Crippen LogP) is 3.05. The molecule has 0 spiro atoms. The van der Waals surface area contributed by atoms with Crippen LogP contribution >= 0.6 is 0 Å². The minimum atomic E-state index is 0.541. The van der Waals surface area contributed by atoms with Gasteiger partial charge in [-0.25, -0.2) is 0 Å². The molecule has 21 heavy (non-hydrogen) atoms. The van der Waals surface area contributed by atoms with Crippen molar-refractivity contribution in [2.45, 2.75) is 70.9 Å². The molecule has 3 rings (SSSR count). The van der Waals surface area contributed by atoms with Crippen LogP contribution in [0.5, 0.6) is 0 Å². The smallest absolute Gasteiger partial charge is 0.0730 e. The number of morpholine rings is 1. The topological polar surface area (TPSA) is 24.5 Å². The second-order valence-corrected chi connectivity index (χ2v) is 8.11. The molecule has 3 aliphatic rings. The van der Waals surface area contributed by atoms with Crippen molar-refractivity contribution in [2.24, 2.45) is 11.3 Å². The monoisotopic (exact) mass is 294 g/mol.